The molecular formula is C24H29N3O3S. The minimum Gasteiger partial charge on any atom is -0.497 e. The molecule has 2 aliphatic rings. The molecule has 31 heavy (non-hydrogen) atoms. The number of hydrogen-bond donors (Lipinski definition) is 1. The smallest absolute Gasteiger partial charge is 0.237 e. The van der Waals surface area contributed by atoms with Gasteiger partial charge < -0.3 is 15.0 Å². The first-order valence-corrected chi connectivity index (χ1v) is 11.8. The van der Waals surface area contributed by atoms with Gasteiger partial charge in [-0.25, -0.2) is 0 Å². The summed E-state index contributed by atoms with van der Waals surface area (Å²) in [7, 11) is 1.67. The fraction of sp³-hybridized carbons (Fsp3) is 0.417. The van der Waals surface area contributed by atoms with Gasteiger partial charge in [0.15, 0.2) is 0 Å². The molecule has 2 aliphatic heterocycles. The Balaban J connectivity index is 1.37. The number of nitrogens with one attached hydrogen (secondary N) is 1. The van der Waals surface area contributed by atoms with E-state index in [1.165, 1.54) is 12.8 Å². The van der Waals surface area contributed by atoms with E-state index in [1.807, 2.05) is 36.4 Å². The van der Waals surface area contributed by atoms with Crippen LogP contribution in [0, 0.1) is 0 Å². The molecular weight excluding hydrogens is 410 g/mol. The van der Waals surface area contributed by atoms with Crippen LogP contribution in [0.25, 0.3) is 0 Å². The highest BCUT2D eigenvalue weighted by Gasteiger charge is 2.26. The number of anilines is 1. The molecule has 7 heteroatoms. The van der Waals surface area contributed by atoms with Crippen LogP contribution < -0.4 is 15.0 Å². The second kappa shape index (κ2) is 10.2. The van der Waals surface area contributed by atoms with Crippen molar-refractivity contribution in [1.82, 2.24) is 10.2 Å². The topological polar surface area (TPSA) is 61.9 Å². The molecule has 2 aromatic rings. The van der Waals surface area contributed by atoms with Crippen LogP contribution in [0.4, 0.5) is 5.69 Å². The molecule has 2 aromatic carbocycles. The van der Waals surface area contributed by atoms with E-state index in [1.54, 1.807) is 23.8 Å². The minimum absolute atomic E-state index is 0.0319. The van der Waals surface area contributed by atoms with Gasteiger partial charge in [-0.2, -0.15) is 0 Å². The Morgan fingerprint density at radius 2 is 1.97 bits per heavy atom. The Kier molecular flexibility index (Phi) is 7.14. The lowest BCUT2D eigenvalue weighted by atomic mass is 10.0. The lowest BCUT2D eigenvalue weighted by Gasteiger charge is -2.30. The first kappa shape index (κ1) is 21.7. The Bertz CT molecular complexity index is 930. The maximum atomic E-state index is 12.7. The normalized spacial score (nSPS) is 17.3. The highest BCUT2D eigenvalue weighted by molar-refractivity contribution is 8.00. The van der Waals surface area contributed by atoms with Gasteiger partial charge >= 0.3 is 0 Å². The summed E-state index contributed by atoms with van der Waals surface area (Å²) in [5.41, 5.74) is 2.06. The molecule has 4 rings (SSSR count). The summed E-state index contributed by atoms with van der Waals surface area (Å²) in [6.07, 6.45) is 2.65. The van der Waals surface area contributed by atoms with E-state index in [4.69, 9.17) is 4.74 Å². The van der Waals surface area contributed by atoms with Gasteiger partial charge in [-0.3, -0.25) is 14.5 Å². The summed E-state index contributed by atoms with van der Waals surface area (Å²) in [6, 6.07) is 16.1. The van der Waals surface area contributed by atoms with Gasteiger partial charge in [0.1, 0.15) is 5.75 Å². The van der Waals surface area contributed by atoms with Crippen LogP contribution in [-0.4, -0.2) is 55.8 Å². The number of benzene rings is 2. The molecule has 6 nitrogen and oxygen atoms in total. The third-order valence-electron chi connectivity index (χ3n) is 5.92. The summed E-state index contributed by atoms with van der Waals surface area (Å²) >= 11 is 1.56. The van der Waals surface area contributed by atoms with E-state index < -0.39 is 0 Å². The summed E-state index contributed by atoms with van der Waals surface area (Å²) in [4.78, 5) is 30.4. The molecule has 0 spiro atoms. The van der Waals surface area contributed by atoms with Crippen LogP contribution in [0.3, 0.4) is 0 Å². The molecule has 0 saturated carbocycles. The molecule has 0 radical (unpaired) electrons. The standard InChI is InChI=1S/C24H29N3O3S/c1-30-19-8-6-7-18(15-19)21(26-12-4-5-13-26)16-25-23(28)11-14-27-20-9-2-3-10-22(20)31-17-24(27)29/h2-3,6-10,15,21H,4-5,11-14,16-17H2,1H3,(H,25,28)/t21-/m0/s1. The van der Waals surface area contributed by atoms with E-state index in [0.717, 1.165) is 35.0 Å². The summed E-state index contributed by atoms with van der Waals surface area (Å²) in [5, 5.41) is 3.11. The monoisotopic (exact) mass is 439 g/mol. The molecule has 0 bridgehead atoms. The fourth-order valence-electron chi connectivity index (χ4n) is 4.27. The van der Waals surface area contributed by atoms with Crippen LogP contribution in [-0.2, 0) is 9.59 Å². The average molecular weight is 440 g/mol. The van der Waals surface area contributed by atoms with E-state index in [2.05, 4.69) is 22.3 Å². The van der Waals surface area contributed by atoms with Crippen molar-refractivity contribution in [2.75, 3.05) is 43.9 Å². The Morgan fingerprint density at radius 3 is 2.77 bits per heavy atom. The molecule has 1 saturated heterocycles. The van der Waals surface area contributed by atoms with E-state index in [0.29, 0.717) is 18.8 Å². The third-order valence-corrected chi connectivity index (χ3v) is 6.97. The second-order valence-electron chi connectivity index (χ2n) is 7.89. The lowest BCUT2D eigenvalue weighted by Crippen LogP contribution is -2.40. The van der Waals surface area contributed by atoms with Crippen molar-refractivity contribution >= 4 is 29.3 Å². The van der Waals surface area contributed by atoms with Gasteiger partial charge in [0.2, 0.25) is 11.8 Å². The Hall–Kier alpha value is -2.51. The number of ether oxygens (including phenoxy) is 1. The predicted octanol–water partition coefficient (Wildman–Crippen LogP) is 3.48. The maximum Gasteiger partial charge on any atom is 0.237 e. The zero-order valence-corrected chi connectivity index (χ0v) is 18.7. The summed E-state index contributed by atoms with van der Waals surface area (Å²) in [6.45, 7) is 3.02. The van der Waals surface area contributed by atoms with Crippen LogP contribution in [0.1, 0.15) is 30.9 Å². The highest BCUT2D eigenvalue weighted by atomic mass is 32.2. The van der Waals surface area contributed by atoms with Crippen molar-refractivity contribution in [3.05, 3.63) is 54.1 Å². The zero-order chi connectivity index (χ0) is 21.6. The van der Waals surface area contributed by atoms with Crippen molar-refractivity contribution < 1.29 is 14.3 Å². The SMILES string of the molecule is COc1cccc([C@H](CNC(=O)CCN2C(=O)CSc3ccccc32)N2CCCC2)c1. The maximum absolute atomic E-state index is 12.7. The van der Waals surface area contributed by atoms with Gasteiger partial charge in [-0.15, -0.1) is 11.8 Å². The fourth-order valence-corrected chi connectivity index (χ4v) is 5.21. The van der Waals surface area contributed by atoms with Crippen LogP contribution >= 0.6 is 11.8 Å². The highest BCUT2D eigenvalue weighted by Crippen LogP contribution is 2.35. The largest absolute Gasteiger partial charge is 0.497 e. The van der Waals surface area contributed by atoms with E-state index >= 15 is 0 Å². The molecule has 1 fully saturated rings. The number of fused-ring (bicyclic) bond motifs is 1. The molecule has 0 unspecified atom stereocenters. The van der Waals surface area contributed by atoms with Gasteiger partial charge in [0.05, 0.1) is 24.6 Å². The quantitative estimate of drug-likeness (QED) is 0.682. The number of para-hydroxylation sites is 1. The Labute approximate surface area is 187 Å². The molecule has 1 atom stereocenters. The molecule has 2 amide bonds. The number of carbonyl (C=O) groups excluding carboxylic acids is 2. The van der Waals surface area contributed by atoms with Gasteiger partial charge in [0.25, 0.3) is 0 Å². The molecule has 0 aromatic heterocycles. The number of methoxy groups -OCH3 is 1. The molecule has 2 heterocycles. The second-order valence-corrected chi connectivity index (χ2v) is 8.91. The average Bonchev–Trinajstić information content (AvgIpc) is 3.33. The molecule has 1 N–H and O–H groups in total. The number of amides is 2. The summed E-state index contributed by atoms with van der Waals surface area (Å²) in [5.74, 6) is 1.28. The van der Waals surface area contributed by atoms with E-state index in [9.17, 15) is 9.59 Å². The van der Waals surface area contributed by atoms with Crippen LogP contribution in [0.2, 0.25) is 0 Å². The minimum atomic E-state index is -0.0319. The van der Waals surface area contributed by atoms with Crippen molar-refractivity contribution in [2.45, 2.75) is 30.2 Å². The van der Waals surface area contributed by atoms with Crippen LogP contribution in [0.5, 0.6) is 5.75 Å². The van der Waals surface area contributed by atoms with Crippen molar-refractivity contribution in [1.29, 1.82) is 0 Å². The summed E-state index contributed by atoms with van der Waals surface area (Å²) < 4.78 is 5.39. The first-order valence-electron chi connectivity index (χ1n) is 10.8. The number of likely N-dealkylation sites (tertiary alicyclic amines) is 1. The van der Waals surface area contributed by atoms with Gasteiger partial charge in [-0.1, -0.05) is 24.3 Å². The number of nitrogens with zero attached hydrogens (tertiary/aromatic N) is 2. The predicted molar refractivity (Wildman–Crippen MR) is 124 cm³/mol. The zero-order valence-electron chi connectivity index (χ0n) is 17.9. The van der Waals surface area contributed by atoms with Gasteiger partial charge in [-0.05, 0) is 55.8 Å². The number of carbonyl (C=O) groups is 2. The van der Waals surface area contributed by atoms with Crippen LogP contribution in [0.15, 0.2) is 53.4 Å². The Morgan fingerprint density at radius 1 is 1.16 bits per heavy atom. The van der Waals surface area contributed by atoms with Crippen molar-refractivity contribution in [3.8, 4) is 5.75 Å². The van der Waals surface area contributed by atoms with Crippen molar-refractivity contribution in [3.63, 3.8) is 0 Å². The number of thioether (sulfide) groups is 1. The number of hydrogen-bond acceptors (Lipinski definition) is 5. The molecule has 0 aliphatic carbocycles. The van der Waals surface area contributed by atoms with Crippen molar-refractivity contribution in [2.24, 2.45) is 0 Å². The number of rotatable bonds is 8. The molecule has 164 valence electrons. The lowest BCUT2D eigenvalue weighted by molar-refractivity contribution is -0.121. The van der Waals surface area contributed by atoms with Gasteiger partial charge in [0, 0.05) is 24.4 Å². The van der Waals surface area contributed by atoms with E-state index in [-0.39, 0.29) is 24.3 Å². The first-order chi connectivity index (χ1) is 15.2. The third kappa shape index (κ3) is 5.22.